The summed E-state index contributed by atoms with van der Waals surface area (Å²) in [5.41, 5.74) is 1.56. The molecule has 4 nitrogen and oxygen atoms in total. The van der Waals surface area contributed by atoms with Gasteiger partial charge in [-0.3, -0.25) is 14.1 Å². The predicted octanol–water partition coefficient (Wildman–Crippen LogP) is 3.14. The second kappa shape index (κ2) is 6.37. The third kappa shape index (κ3) is 3.44. The Hall–Kier alpha value is -2.60. The second-order valence-electron chi connectivity index (χ2n) is 6.39. The normalized spacial score (nSPS) is 14.4. The molecule has 2 heterocycles. The Morgan fingerprint density at radius 3 is 2.72 bits per heavy atom. The van der Waals surface area contributed by atoms with Gasteiger partial charge in [-0.15, -0.1) is 0 Å². The van der Waals surface area contributed by atoms with E-state index >= 15 is 0 Å². The van der Waals surface area contributed by atoms with Gasteiger partial charge >= 0.3 is 0 Å². The van der Waals surface area contributed by atoms with Crippen LogP contribution in [0.2, 0.25) is 0 Å². The highest BCUT2D eigenvalue weighted by atomic mass is 19.1. The summed E-state index contributed by atoms with van der Waals surface area (Å²) in [5.74, 6) is -1.12. The van der Waals surface area contributed by atoms with Crippen molar-refractivity contribution in [1.82, 2.24) is 14.3 Å². The summed E-state index contributed by atoms with van der Waals surface area (Å²) in [4.78, 5) is 18.8. The first-order chi connectivity index (χ1) is 12.1. The van der Waals surface area contributed by atoms with Crippen LogP contribution in [-0.4, -0.2) is 20.3 Å². The molecular weight excluding hydrogens is 324 g/mol. The van der Waals surface area contributed by atoms with Crippen LogP contribution in [0.1, 0.15) is 24.1 Å². The molecule has 2 aromatic heterocycles. The molecule has 1 aliphatic rings. The number of aromatic nitrogens is 2. The summed E-state index contributed by atoms with van der Waals surface area (Å²) in [6.07, 6.45) is 3.76. The van der Waals surface area contributed by atoms with Crippen molar-refractivity contribution >= 4 is 5.65 Å². The van der Waals surface area contributed by atoms with Crippen molar-refractivity contribution in [2.45, 2.75) is 32.0 Å². The highest BCUT2D eigenvalue weighted by Crippen LogP contribution is 2.30. The van der Waals surface area contributed by atoms with E-state index in [9.17, 15) is 13.6 Å². The molecule has 0 saturated heterocycles. The van der Waals surface area contributed by atoms with E-state index in [2.05, 4.69) is 9.88 Å². The van der Waals surface area contributed by atoms with Crippen LogP contribution in [0.3, 0.4) is 0 Å². The lowest BCUT2D eigenvalue weighted by molar-refractivity contribution is 0.239. The van der Waals surface area contributed by atoms with E-state index in [1.54, 1.807) is 18.3 Å². The minimum atomic E-state index is -0.580. The van der Waals surface area contributed by atoms with Crippen LogP contribution in [0.4, 0.5) is 8.78 Å². The Morgan fingerprint density at radius 1 is 1.12 bits per heavy atom. The molecule has 1 saturated carbocycles. The van der Waals surface area contributed by atoms with E-state index in [1.807, 2.05) is 6.07 Å². The molecule has 0 aliphatic heterocycles. The lowest BCUT2D eigenvalue weighted by atomic mass is 10.2. The fourth-order valence-corrected chi connectivity index (χ4v) is 3.01. The van der Waals surface area contributed by atoms with Crippen molar-refractivity contribution in [3.05, 3.63) is 81.9 Å². The molecule has 0 unspecified atom stereocenters. The summed E-state index contributed by atoms with van der Waals surface area (Å²) in [6.45, 7) is 0.828. The van der Waals surface area contributed by atoms with Gasteiger partial charge in [0.15, 0.2) is 0 Å². The Bertz CT molecular complexity index is 982. The Morgan fingerprint density at radius 2 is 1.96 bits per heavy atom. The first-order valence-corrected chi connectivity index (χ1v) is 8.25. The molecule has 25 heavy (non-hydrogen) atoms. The fraction of sp³-hybridized carbons (Fsp3) is 0.263. The molecule has 0 spiro atoms. The second-order valence-corrected chi connectivity index (χ2v) is 6.39. The van der Waals surface area contributed by atoms with Gasteiger partial charge in [0, 0.05) is 43.0 Å². The van der Waals surface area contributed by atoms with E-state index < -0.39 is 11.6 Å². The van der Waals surface area contributed by atoms with Gasteiger partial charge in [0.1, 0.15) is 17.3 Å². The molecule has 4 rings (SSSR count). The summed E-state index contributed by atoms with van der Waals surface area (Å²) < 4.78 is 28.6. The average Bonchev–Trinajstić information content (AvgIpc) is 3.41. The summed E-state index contributed by atoms with van der Waals surface area (Å²) >= 11 is 0. The molecule has 1 fully saturated rings. The minimum Gasteiger partial charge on any atom is -0.290 e. The van der Waals surface area contributed by atoms with Crippen LogP contribution < -0.4 is 5.56 Å². The lowest BCUT2D eigenvalue weighted by Gasteiger charge is -2.22. The van der Waals surface area contributed by atoms with E-state index in [4.69, 9.17) is 0 Å². The van der Waals surface area contributed by atoms with Crippen LogP contribution >= 0.6 is 0 Å². The molecule has 0 N–H and O–H groups in total. The Kier molecular flexibility index (Phi) is 4.05. The van der Waals surface area contributed by atoms with Gasteiger partial charge in [0.05, 0.1) is 5.69 Å². The summed E-state index contributed by atoms with van der Waals surface area (Å²) in [7, 11) is 0. The van der Waals surface area contributed by atoms with Gasteiger partial charge in [-0.2, -0.15) is 0 Å². The van der Waals surface area contributed by atoms with Gasteiger partial charge in [-0.25, -0.2) is 13.8 Å². The van der Waals surface area contributed by atoms with Crippen molar-refractivity contribution in [3.63, 3.8) is 0 Å². The zero-order valence-electron chi connectivity index (χ0n) is 13.5. The maximum atomic E-state index is 14.0. The monoisotopic (exact) mass is 341 g/mol. The first-order valence-electron chi connectivity index (χ1n) is 8.25. The summed E-state index contributed by atoms with van der Waals surface area (Å²) in [6, 6.07) is 10.9. The van der Waals surface area contributed by atoms with Gasteiger partial charge in [0.2, 0.25) is 0 Å². The predicted molar refractivity (Wildman–Crippen MR) is 90.1 cm³/mol. The Balaban J connectivity index is 1.61. The van der Waals surface area contributed by atoms with Crippen LogP contribution in [-0.2, 0) is 13.1 Å². The average molecular weight is 341 g/mol. The number of pyridine rings is 1. The van der Waals surface area contributed by atoms with Gasteiger partial charge < -0.3 is 0 Å². The van der Waals surface area contributed by atoms with E-state index in [0.29, 0.717) is 36.0 Å². The summed E-state index contributed by atoms with van der Waals surface area (Å²) in [5, 5.41) is 0. The molecule has 1 aliphatic carbocycles. The van der Waals surface area contributed by atoms with Crippen molar-refractivity contribution in [1.29, 1.82) is 0 Å². The molecule has 3 aromatic rings. The number of hydrogen-bond acceptors (Lipinski definition) is 3. The number of nitrogens with zero attached hydrogens (tertiary/aromatic N) is 3. The maximum Gasteiger partial charge on any atom is 0.258 e. The fourth-order valence-electron chi connectivity index (χ4n) is 3.01. The van der Waals surface area contributed by atoms with Gasteiger partial charge in [-0.1, -0.05) is 12.1 Å². The van der Waals surface area contributed by atoms with Crippen molar-refractivity contribution in [2.24, 2.45) is 0 Å². The van der Waals surface area contributed by atoms with Crippen LogP contribution in [0, 0.1) is 11.6 Å². The van der Waals surface area contributed by atoms with E-state index in [0.717, 1.165) is 18.9 Å². The molecule has 6 heteroatoms. The van der Waals surface area contributed by atoms with E-state index in [1.165, 1.54) is 22.6 Å². The highest BCUT2D eigenvalue weighted by Gasteiger charge is 2.30. The molecule has 1 aromatic carbocycles. The minimum absolute atomic E-state index is 0.135. The standard InChI is InChI=1S/C19H17F2N3O/c20-14-5-4-13(17(21)9-14)11-23(16-6-7-16)12-15-10-19(25)24-8-2-1-3-18(24)22-15/h1-5,8-10,16H,6-7,11-12H2. The number of hydrogen-bond donors (Lipinski definition) is 0. The molecule has 0 amide bonds. The number of halogens is 2. The quantitative estimate of drug-likeness (QED) is 0.715. The zero-order chi connectivity index (χ0) is 17.4. The third-order valence-electron chi connectivity index (χ3n) is 4.44. The third-order valence-corrected chi connectivity index (χ3v) is 4.44. The maximum absolute atomic E-state index is 14.0. The van der Waals surface area contributed by atoms with Crippen LogP contribution in [0.5, 0.6) is 0 Å². The first kappa shape index (κ1) is 15.9. The molecule has 0 bridgehead atoms. The molecular formula is C19H17F2N3O. The van der Waals surface area contributed by atoms with Crippen LogP contribution in [0.25, 0.3) is 5.65 Å². The SMILES string of the molecule is O=c1cc(CN(Cc2ccc(F)cc2F)C2CC2)nc2ccccn12. The van der Waals surface area contributed by atoms with E-state index in [-0.39, 0.29) is 5.56 Å². The molecule has 0 radical (unpaired) electrons. The smallest absolute Gasteiger partial charge is 0.258 e. The lowest BCUT2D eigenvalue weighted by Crippen LogP contribution is -2.27. The zero-order valence-corrected chi connectivity index (χ0v) is 13.5. The van der Waals surface area contributed by atoms with Gasteiger partial charge in [-0.05, 0) is 31.0 Å². The van der Waals surface area contributed by atoms with Gasteiger partial charge in [0.25, 0.3) is 5.56 Å². The van der Waals surface area contributed by atoms with Crippen molar-refractivity contribution in [2.75, 3.05) is 0 Å². The number of benzene rings is 1. The highest BCUT2D eigenvalue weighted by molar-refractivity contribution is 5.38. The largest absolute Gasteiger partial charge is 0.290 e. The topological polar surface area (TPSA) is 37.6 Å². The Labute approximate surface area is 143 Å². The number of rotatable bonds is 5. The van der Waals surface area contributed by atoms with Crippen molar-refractivity contribution in [3.8, 4) is 0 Å². The van der Waals surface area contributed by atoms with Crippen molar-refractivity contribution < 1.29 is 8.78 Å². The molecule has 128 valence electrons. The number of fused-ring (bicyclic) bond motifs is 1. The van der Waals surface area contributed by atoms with Crippen LogP contribution in [0.15, 0.2) is 53.5 Å². The molecule has 0 atom stereocenters.